The molecule has 13 heavy (non-hydrogen) atoms. The van der Waals surface area contributed by atoms with Crippen molar-refractivity contribution < 1.29 is 4.79 Å². The Morgan fingerprint density at radius 2 is 2.23 bits per heavy atom. The van der Waals surface area contributed by atoms with Gasteiger partial charge in [0.05, 0.1) is 5.92 Å². The summed E-state index contributed by atoms with van der Waals surface area (Å²) < 4.78 is 0. The fraction of sp³-hybridized carbons (Fsp3) is 0.889. The molecule has 1 N–H and O–H groups in total. The van der Waals surface area contributed by atoms with Gasteiger partial charge >= 0.3 is 0 Å². The number of hydrogen-bond donors (Lipinski definition) is 1. The molecule has 1 heterocycles. The predicted molar refractivity (Wildman–Crippen MR) is 52.6 cm³/mol. The molecule has 4 heteroatoms. The first-order chi connectivity index (χ1) is 6.11. The van der Waals surface area contributed by atoms with Crippen LogP contribution in [0.1, 0.15) is 0 Å². The van der Waals surface area contributed by atoms with Gasteiger partial charge in [-0.05, 0) is 7.05 Å². The average molecular weight is 185 g/mol. The highest BCUT2D eigenvalue weighted by Gasteiger charge is 2.23. The highest BCUT2D eigenvalue weighted by atomic mass is 16.2. The highest BCUT2D eigenvalue weighted by Crippen LogP contribution is 2.04. The maximum Gasteiger partial charge on any atom is 0.227 e. The first kappa shape index (κ1) is 10.5. The standard InChI is InChI=1S/C9H19N3O/c1-11(2)9(13)8-6-10-4-5-12(3)7-8/h8,10H,4-7H2,1-3H3/t8-/m1/s1. The summed E-state index contributed by atoms with van der Waals surface area (Å²) >= 11 is 0. The van der Waals surface area contributed by atoms with E-state index in [1.807, 2.05) is 14.1 Å². The van der Waals surface area contributed by atoms with Crippen LogP contribution in [0, 0.1) is 5.92 Å². The smallest absolute Gasteiger partial charge is 0.227 e. The van der Waals surface area contributed by atoms with Crippen LogP contribution < -0.4 is 5.32 Å². The molecule has 1 amide bonds. The number of nitrogens with zero attached hydrogens (tertiary/aromatic N) is 2. The molecular formula is C9H19N3O. The summed E-state index contributed by atoms with van der Waals surface area (Å²) in [5.41, 5.74) is 0. The Morgan fingerprint density at radius 1 is 1.54 bits per heavy atom. The molecule has 1 aliphatic rings. The number of carbonyl (C=O) groups excluding carboxylic acids is 1. The average Bonchev–Trinajstić information content (AvgIpc) is 2.28. The van der Waals surface area contributed by atoms with Gasteiger partial charge in [0.1, 0.15) is 0 Å². The van der Waals surface area contributed by atoms with Gasteiger partial charge in [-0.25, -0.2) is 0 Å². The summed E-state index contributed by atoms with van der Waals surface area (Å²) in [5.74, 6) is 0.337. The fourth-order valence-corrected chi connectivity index (χ4v) is 1.61. The topological polar surface area (TPSA) is 35.6 Å². The minimum Gasteiger partial charge on any atom is -0.348 e. The molecule has 0 aliphatic carbocycles. The van der Waals surface area contributed by atoms with E-state index in [0.29, 0.717) is 0 Å². The Hall–Kier alpha value is -0.610. The van der Waals surface area contributed by atoms with Crippen LogP contribution in [0.4, 0.5) is 0 Å². The minimum absolute atomic E-state index is 0.113. The molecule has 0 aromatic heterocycles. The van der Waals surface area contributed by atoms with Gasteiger partial charge in [0, 0.05) is 40.3 Å². The minimum atomic E-state index is 0.113. The van der Waals surface area contributed by atoms with Crippen molar-refractivity contribution in [2.45, 2.75) is 0 Å². The van der Waals surface area contributed by atoms with Gasteiger partial charge in [-0.15, -0.1) is 0 Å². The van der Waals surface area contributed by atoms with Gasteiger partial charge in [0.15, 0.2) is 0 Å². The van der Waals surface area contributed by atoms with Crippen LogP contribution in [-0.4, -0.2) is 63.0 Å². The second-order valence-electron chi connectivity index (χ2n) is 3.90. The second kappa shape index (κ2) is 4.58. The maximum atomic E-state index is 11.7. The first-order valence-electron chi connectivity index (χ1n) is 4.71. The molecule has 1 atom stereocenters. The van der Waals surface area contributed by atoms with Crippen LogP contribution in [0.25, 0.3) is 0 Å². The third kappa shape index (κ3) is 2.97. The number of amides is 1. The van der Waals surface area contributed by atoms with Crippen LogP contribution in [0.3, 0.4) is 0 Å². The molecule has 0 bridgehead atoms. The largest absolute Gasteiger partial charge is 0.348 e. The zero-order valence-corrected chi connectivity index (χ0v) is 8.71. The van der Waals surface area contributed by atoms with Gasteiger partial charge in [0.25, 0.3) is 0 Å². The van der Waals surface area contributed by atoms with Crippen molar-refractivity contribution in [2.24, 2.45) is 5.92 Å². The maximum absolute atomic E-state index is 11.7. The normalized spacial score (nSPS) is 25.3. The van der Waals surface area contributed by atoms with Crippen molar-refractivity contribution in [1.82, 2.24) is 15.1 Å². The van der Waals surface area contributed by atoms with Gasteiger partial charge in [-0.1, -0.05) is 0 Å². The van der Waals surface area contributed by atoms with E-state index in [2.05, 4.69) is 17.3 Å². The first-order valence-corrected chi connectivity index (χ1v) is 4.71. The van der Waals surface area contributed by atoms with Crippen molar-refractivity contribution in [3.63, 3.8) is 0 Å². The quantitative estimate of drug-likeness (QED) is 0.582. The van der Waals surface area contributed by atoms with Gasteiger partial charge in [-0.3, -0.25) is 4.79 Å². The van der Waals surface area contributed by atoms with Crippen molar-refractivity contribution >= 4 is 5.91 Å². The van der Waals surface area contributed by atoms with Crippen molar-refractivity contribution in [3.8, 4) is 0 Å². The summed E-state index contributed by atoms with van der Waals surface area (Å²) in [7, 11) is 5.68. The zero-order chi connectivity index (χ0) is 9.84. The Bertz CT molecular complexity index is 182. The fourth-order valence-electron chi connectivity index (χ4n) is 1.61. The van der Waals surface area contributed by atoms with E-state index in [4.69, 9.17) is 0 Å². The summed E-state index contributed by atoms with van der Waals surface area (Å²) in [6.45, 7) is 3.68. The third-order valence-corrected chi connectivity index (χ3v) is 2.38. The summed E-state index contributed by atoms with van der Waals surface area (Å²) in [6.07, 6.45) is 0. The molecule has 1 rings (SSSR count). The van der Waals surface area contributed by atoms with Gasteiger partial charge < -0.3 is 15.1 Å². The van der Waals surface area contributed by atoms with Crippen LogP contribution in [0.15, 0.2) is 0 Å². The van der Waals surface area contributed by atoms with E-state index < -0.39 is 0 Å². The predicted octanol–water partition coefficient (Wildman–Crippen LogP) is -0.774. The van der Waals surface area contributed by atoms with Crippen LogP contribution in [0.2, 0.25) is 0 Å². The third-order valence-electron chi connectivity index (χ3n) is 2.38. The molecule has 1 fully saturated rings. The highest BCUT2D eigenvalue weighted by molar-refractivity contribution is 5.78. The Morgan fingerprint density at radius 3 is 2.85 bits per heavy atom. The summed E-state index contributed by atoms with van der Waals surface area (Å²) in [5, 5.41) is 3.27. The van der Waals surface area contributed by atoms with Gasteiger partial charge in [0.2, 0.25) is 5.91 Å². The molecule has 1 saturated heterocycles. The number of likely N-dealkylation sites (N-methyl/N-ethyl adjacent to an activating group) is 1. The van der Waals surface area contributed by atoms with E-state index in [1.54, 1.807) is 4.90 Å². The van der Waals surface area contributed by atoms with E-state index >= 15 is 0 Å². The molecule has 0 spiro atoms. The number of carbonyl (C=O) groups is 1. The molecule has 76 valence electrons. The van der Waals surface area contributed by atoms with Crippen molar-refractivity contribution in [1.29, 1.82) is 0 Å². The molecular weight excluding hydrogens is 166 g/mol. The van der Waals surface area contributed by atoms with E-state index in [-0.39, 0.29) is 11.8 Å². The zero-order valence-electron chi connectivity index (χ0n) is 8.71. The van der Waals surface area contributed by atoms with E-state index in [0.717, 1.165) is 26.2 Å². The summed E-state index contributed by atoms with van der Waals surface area (Å²) in [4.78, 5) is 15.5. The Balaban J connectivity index is 2.52. The SMILES string of the molecule is CN1CCNC[C@@H](C(=O)N(C)C)C1. The molecule has 0 saturated carbocycles. The van der Waals surface area contributed by atoms with Crippen LogP contribution >= 0.6 is 0 Å². The van der Waals surface area contributed by atoms with Crippen LogP contribution in [0.5, 0.6) is 0 Å². The Labute approximate surface area is 79.9 Å². The number of nitrogens with one attached hydrogen (secondary N) is 1. The number of hydrogen-bond acceptors (Lipinski definition) is 3. The molecule has 0 unspecified atom stereocenters. The number of rotatable bonds is 1. The Kier molecular flexibility index (Phi) is 3.69. The molecule has 4 nitrogen and oxygen atoms in total. The monoisotopic (exact) mass is 185 g/mol. The lowest BCUT2D eigenvalue weighted by molar-refractivity contribution is -0.133. The lowest BCUT2D eigenvalue weighted by Crippen LogP contribution is -2.38. The lowest BCUT2D eigenvalue weighted by Gasteiger charge is -2.21. The second-order valence-corrected chi connectivity index (χ2v) is 3.90. The van der Waals surface area contributed by atoms with Crippen molar-refractivity contribution in [3.05, 3.63) is 0 Å². The van der Waals surface area contributed by atoms with Crippen molar-refractivity contribution in [2.75, 3.05) is 47.3 Å². The van der Waals surface area contributed by atoms with Gasteiger partial charge in [-0.2, -0.15) is 0 Å². The summed E-state index contributed by atoms with van der Waals surface area (Å²) in [6, 6.07) is 0. The molecule has 0 aromatic carbocycles. The lowest BCUT2D eigenvalue weighted by atomic mass is 10.1. The molecule has 0 radical (unpaired) electrons. The van der Waals surface area contributed by atoms with E-state index in [1.165, 1.54) is 0 Å². The molecule has 1 aliphatic heterocycles. The van der Waals surface area contributed by atoms with E-state index in [9.17, 15) is 4.79 Å². The molecule has 0 aromatic rings. The van der Waals surface area contributed by atoms with Crippen LogP contribution in [-0.2, 0) is 4.79 Å².